The highest BCUT2D eigenvalue weighted by Crippen LogP contribution is 2.28. The highest BCUT2D eigenvalue weighted by Gasteiger charge is 2.56. The maximum Gasteiger partial charge on any atom is 0.143 e. The van der Waals surface area contributed by atoms with Gasteiger partial charge in [-0.25, -0.2) is 0 Å². The van der Waals surface area contributed by atoms with Crippen molar-refractivity contribution in [3.63, 3.8) is 0 Å². The lowest BCUT2D eigenvalue weighted by Crippen LogP contribution is -2.74. The predicted molar refractivity (Wildman–Crippen MR) is 44.0 cm³/mol. The maximum absolute atomic E-state index is 9.57. The summed E-state index contributed by atoms with van der Waals surface area (Å²) in [6, 6.07) is -1.33. The average molecular weight is 209 g/mol. The van der Waals surface area contributed by atoms with E-state index in [2.05, 4.69) is 0 Å². The van der Waals surface area contributed by atoms with Gasteiger partial charge in [0.2, 0.25) is 0 Å². The number of hydrogen-bond donors (Lipinski definition) is 7. The van der Waals surface area contributed by atoms with Gasteiger partial charge in [0, 0.05) is 0 Å². The van der Waals surface area contributed by atoms with Crippen LogP contribution in [-0.4, -0.2) is 73.3 Å². The quantitative estimate of drug-likeness (QED) is 0.230. The summed E-state index contributed by atoms with van der Waals surface area (Å²) in [6.07, 6.45) is -6.81. The van der Waals surface area contributed by atoms with Crippen molar-refractivity contribution in [2.45, 2.75) is 36.1 Å². The Morgan fingerprint density at radius 3 is 1.93 bits per heavy atom. The Morgan fingerprint density at radius 1 is 1.00 bits per heavy atom. The second kappa shape index (κ2) is 3.70. The first kappa shape index (κ1) is 11.8. The zero-order valence-corrected chi connectivity index (χ0v) is 7.35. The van der Waals surface area contributed by atoms with Gasteiger partial charge in [0.05, 0.1) is 12.6 Å². The van der Waals surface area contributed by atoms with Crippen molar-refractivity contribution in [2.75, 3.05) is 6.61 Å². The van der Waals surface area contributed by atoms with Crippen molar-refractivity contribution < 1.29 is 30.6 Å². The van der Waals surface area contributed by atoms with Gasteiger partial charge < -0.3 is 36.4 Å². The third-order valence-corrected chi connectivity index (χ3v) is 2.71. The summed E-state index contributed by atoms with van der Waals surface area (Å²) in [4.78, 5) is 0. The molecule has 7 heteroatoms. The molecule has 1 aliphatic carbocycles. The molecule has 0 saturated heterocycles. The van der Waals surface area contributed by atoms with Gasteiger partial charge in [0.1, 0.15) is 30.0 Å². The van der Waals surface area contributed by atoms with Crippen molar-refractivity contribution in [1.29, 1.82) is 0 Å². The van der Waals surface area contributed by atoms with Crippen LogP contribution in [0.5, 0.6) is 0 Å². The van der Waals surface area contributed by atoms with E-state index in [1.54, 1.807) is 0 Å². The zero-order valence-electron chi connectivity index (χ0n) is 7.35. The van der Waals surface area contributed by atoms with Crippen molar-refractivity contribution >= 4 is 0 Å². The lowest BCUT2D eigenvalue weighted by molar-refractivity contribution is -0.248. The van der Waals surface area contributed by atoms with Crippen LogP contribution in [0, 0.1) is 0 Å². The van der Waals surface area contributed by atoms with Crippen LogP contribution in [0.2, 0.25) is 0 Å². The number of nitrogens with two attached hydrogens (primary N) is 1. The molecule has 1 saturated carbocycles. The Kier molecular flexibility index (Phi) is 3.12. The van der Waals surface area contributed by atoms with Gasteiger partial charge in [0.25, 0.3) is 0 Å². The van der Waals surface area contributed by atoms with Gasteiger partial charge >= 0.3 is 0 Å². The molecule has 0 heterocycles. The van der Waals surface area contributed by atoms with Gasteiger partial charge in [-0.2, -0.15) is 0 Å². The van der Waals surface area contributed by atoms with Crippen LogP contribution in [0.15, 0.2) is 0 Å². The van der Waals surface area contributed by atoms with Crippen molar-refractivity contribution in [1.82, 2.24) is 0 Å². The summed E-state index contributed by atoms with van der Waals surface area (Å²) in [7, 11) is 0. The SMILES string of the molecule is NC1C(O)C(O)C(O)C(O)(CO)C1O. The van der Waals surface area contributed by atoms with Gasteiger partial charge in [0.15, 0.2) is 0 Å². The third kappa shape index (κ3) is 1.43. The molecule has 0 amide bonds. The molecule has 0 radical (unpaired) electrons. The Hall–Kier alpha value is -0.280. The van der Waals surface area contributed by atoms with E-state index in [4.69, 9.17) is 10.8 Å². The van der Waals surface area contributed by atoms with Crippen LogP contribution < -0.4 is 5.73 Å². The second-order valence-corrected chi connectivity index (χ2v) is 3.60. The Balaban J connectivity index is 2.98. The highest BCUT2D eigenvalue weighted by atomic mass is 16.4. The first-order valence-corrected chi connectivity index (χ1v) is 4.17. The average Bonchev–Trinajstić information content (AvgIpc) is 2.21. The minimum atomic E-state index is -2.31. The van der Waals surface area contributed by atoms with Crippen molar-refractivity contribution in [3.8, 4) is 0 Å². The summed E-state index contributed by atoms with van der Waals surface area (Å²) in [5.41, 5.74) is 2.98. The number of aliphatic hydroxyl groups is 6. The van der Waals surface area contributed by atoms with Crippen LogP contribution >= 0.6 is 0 Å². The molecule has 0 spiro atoms. The van der Waals surface area contributed by atoms with E-state index < -0.39 is 42.7 Å². The van der Waals surface area contributed by atoms with E-state index in [0.717, 1.165) is 0 Å². The Labute approximate surface area is 80.0 Å². The Morgan fingerprint density at radius 2 is 1.50 bits per heavy atom. The first-order chi connectivity index (χ1) is 6.36. The van der Waals surface area contributed by atoms with Crippen molar-refractivity contribution in [3.05, 3.63) is 0 Å². The molecular weight excluding hydrogens is 194 g/mol. The molecule has 1 aliphatic rings. The van der Waals surface area contributed by atoms with E-state index in [9.17, 15) is 25.5 Å². The number of rotatable bonds is 1. The van der Waals surface area contributed by atoms with Gasteiger partial charge in [-0.05, 0) is 0 Å². The molecule has 84 valence electrons. The maximum atomic E-state index is 9.57. The predicted octanol–water partition coefficient (Wildman–Crippen LogP) is -4.51. The fraction of sp³-hybridized carbons (Fsp3) is 1.00. The van der Waals surface area contributed by atoms with Crippen molar-refractivity contribution in [2.24, 2.45) is 5.73 Å². The Bertz CT molecular complexity index is 196. The fourth-order valence-electron chi connectivity index (χ4n) is 1.59. The van der Waals surface area contributed by atoms with Crippen LogP contribution in [0.4, 0.5) is 0 Å². The molecule has 7 nitrogen and oxygen atoms in total. The first-order valence-electron chi connectivity index (χ1n) is 4.17. The molecule has 6 unspecified atom stereocenters. The lowest BCUT2D eigenvalue weighted by atomic mass is 9.74. The molecule has 6 atom stereocenters. The molecule has 0 aliphatic heterocycles. The summed E-state index contributed by atoms with van der Waals surface area (Å²) in [6.45, 7) is -0.965. The minimum absolute atomic E-state index is 0.965. The lowest BCUT2D eigenvalue weighted by Gasteiger charge is -2.47. The number of aliphatic hydroxyl groups excluding tert-OH is 5. The third-order valence-electron chi connectivity index (χ3n) is 2.71. The summed E-state index contributed by atoms with van der Waals surface area (Å²) in [5, 5.41) is 55.5. The van der Waals surface area contributed by atoms with Crippen LogP contribution in [0.25, 0.3) is 0 Å². The molecule has 0 aromatic carbocycles. The molecule has 1 rings (SSSR count). The van der Waals surface area contributed by atoms with Gasteiger partial charge in [-0.3, -0.25) is 0 Å². The smallest absolute Gasteiger partial charge is 0.143 e. The van der Waals surface area contributed by atoms with Crippen LogP contribution in [0.3, 0.4) is 0 Å². The molecule has 0 bridgehead atoms. The van der Waals surface area contributed by atoms with Gasteiger partial charge in [-0.1, -0.05) is 0 Å². The molecule has 0 aromatic heterocycles. The summed E-state index contributed by atoms with van der Waals surface area (Å²) in [5.74, 6) is 0. The standard InChI is InChI=1S/C7H15NO6/c8-2-3(10)4(11)6(13)7(14,1-9)5(2)12/h2-6,9-14H,1,8H2. The molecular formula is C7H15NO6. The van der Waals surface area contributed by atoms with Crippen LogP contribution in [-0.2, 0) is 0 Å². The normalized spacial score (nSPS) is 54.6. The number of hydrogen-bond acceptors (Lipinski definition) is 7. The van der Waals surface area contributed by atoms with E-state index >= 15 is 0 Å². The largest absolute Gasteiger partial charge is 0.393 e. The van der Waals surface area contributed by atoms with E-state index in [1.165, 1.54) is 0 Å². The van der Waals surface area contributed by atoms with Crippen LogP contribution in [0.1, 0.15) is 0 Å². The molecule has 0 aromatic rings. The second-order valence-electron chi connectivity index (χ2n) is 3.60. The van der Waals surface area contributed by atoms with Gasteiger partial charge in [-0.15, -0.1) is 0 Å². The summed E-state index contributed by atoms with van der Waals surface area (Å²) >= 11 is 0. The zero-order chi connectivity index (χ0) is 11.1. The monoisotopic (exact) mass is 209 g/mol. The minimum Gasteiger partial charge on any atom is -0.393 e. The van der Waals surface area contributed by atoms with E-state index in [1.807, 2.05) is 0 Å². The molecule has 14 heavy (non-hydrogen) atoms. The van der Waals surface area contributed by atoms with E-state index in [0.29, 0.717) is 0 Å². The topological polar surface area (TPSA) is 147 Å². The molecule has 1 fully saturated rings. The fourth-order valence-corrected chi connectivity index (χ4v) is 1.59. The molecule has 8 N–H and O–H groups in total. The van der Waals surface area contributed by atoms with E-state index in [-0.39, 0.29) is 0 Å². The highest BCUT2D eigenvalue weighted by molar-refractivity contribution is 5.09. The summed E-state index contributed by atoms with van der Waals surface area (Å²) < 4.78 is 0.